The number of carbonyl (C=O) groups is 2. The quantitative estimate of drug-likeness (QED) is 0.268. The van der Waals surface area contributed by atoms with Crippen molar-refractivity contribution >= 4 is 12.0 Å². The van der Waals surface area contributed by atoms with Gasteiger partial charge < -0.3 is 24.8 Å². The highest BCUT2D eigenvalue weighted by Gasteiger charge is 2.68. The molecule has 4 bridgehead atoms. The summed E-state index contributed by atoms with van der Waals surface area (Å²) in [5.74, 6) is -0.401. The zero-order valence-corrected chi connectivity index (χ0v) is 26.7. The number of ether oxygens (including phenoxy) is 3. The summed E-state index contributed by atoms with van der Waals surface area (Å²) in [5, 5.41) is 6.04. The van der Waals surface area contributed by atoms with Crippen LogP contribution in [0, 0.1) is 29.6 Å². The van der Waals surface area contributed by atoms with Crippen LogP contribution in [0.2, 0.25) is 0 Å². The predicted octanol–water partition coefficient (Wildman–Crippen LogP) is 5.92. The fraction of sp³-hybridized carbons (Fsp3) is 0.611. The zero-order chi connectivity index (χ0) is 31.4. The summed E-state index contributed by atoms with van der Waals surface area (Å²) in [6, 6.07) is 18.2. The normalized spacial score (nSPS) is 31.2. The lowest BCUT2D eigenvalue weighted by atomic mass is 9.53. The summed E-state index contributed by atoms with van der Waals surface area (Å²) in [6.07, 6.45) is 6.60. The second-order valence-corrected chi connectivity index (χ2v) is 14.0. The Morgan fingerprint density at radius 1 is 0.867 bits per heavy atom. The summed E-state index contributed by atoms with van der Waals surface area (Å²) in [5.41, 5.74) is 2.00. The Kier molecular flexibility index (Phi) is 9.80. The molecule has 2 aromatic carbocycles. The Labute approximate surface area is 266 Å². The van der Waals surface area contributed by atoms with Gasteiger partial charge in [0.2, 0.25) is 17.5 Å². The fourth-order valence-corrected chi connectivity index (χ4v) is 8.31. The number of carbonyl (C=O) groups excluding carboxylic acids is 2. The number of hydrogen-bond donors (Lipinski definition) is 2. The smallest absolute Gasteiger partial charge is 0.408 e. The van der Waals surface area contributed by atoms with E-state index >= 15 is 0 Å². The molecule has 2 amide bonds. The van der Waals surface area contributed by atoms with Crippen LogP contribution in [0.3, 0.4) is 0 Å². The van der Waals surface area contributed by atoms with Crippen molar-refractivity contribution in [1.29, 1.82) is 0 Å². The summed E-state index contributed by atoms with van der Waals surface area (Å²) in [6.45, 7) is 4.24. The summed E-state index contributed by atoms with van der Waals surface area (Å²) in [7, 11) is 1.61. The average Bonchev–Trinajstić information content (AvgIpc) is 3.42. The molecular formula is C36H48N2O7. The lowest BCUT2D eigenvalue weighted by Gasteiger charge is -2.57. The van der Waals surface area contributed by atoms with Crippen LogP contribution < -0.4 is 10.6 Å². The van der Waals surface area contributed by atoms with Crippen LogP contribution in [0.4, 0.5) is 4.79 Å². The van der Waals surface area contributed by atoms with Gasteiger partial charge in [-0.2, -0.15) is 9.78 Å². The predicted molar refractivity (Wildman–Crippen MR) is 167 cm³/mol. The number of rotatable bonds is 13. The molecule has 7 rings (SSSR count). The van der Waals surface area contributed by atoms with E-state index in [0.717, 1.165) is 48.6 Å². The van der Waals surface area contributed by atoms with E-state index in [1.807, 2.05) is 62.4 Å². The van der Waals surface area contributed by atoms with E-state index in [-0.39, 0.29) is 36.9 Å². The molecule has 1 heterocycles. The van der Waals surface area contributed by atoms with Gasteiger partial charge >= 0.3 is 6.09 Å². The van der Waals surface area contributed by atoms with Crippen molar-refractivity contribution in [2.75, 3.05) is 13.7 Å². The minimum Gasteiger partial charge on any atom is -0.445 e. The van der Waals surface area contributed by atoms with Crippen molar-refractivity contribution in [1.82, 2.24) is 10.6 Å². The molecule has 4 saturated carbocycles. The molecule has 1 saturated heterocycles. The number of methoxy groups -OCH3 is 1. The minimum atomic E-state index is -1.34. The standard InChI is InChI=1S/C36H48N2O7/c1-24(2)16-31(37-34(40)42-22-26-12-8-5-9-13-26)33(39)38-32(15-14-25-10-6-4-7-11-25)35(23-41-3)43-36(45-44-35)29-18-27-17-28(20-29)21-30(36)19-27/h4-13,24,27-32H,14-23H2,1-3H3,(H,37,40)(H,38,39)/t27?,28?,29?,30?,31-,32-,35-,36?/m0/s1. The first-order valence-electron chi connectivity index (χ1n) is 16.7. The van der Waals surface area contributed by atoms with Crippen molar-refractivity contribution in [3.63, 3.8) is 0 Å². The minimum absolute atomic E-state index is 0.0855. The molecule has 1 aliphatic heterocycles. The van der Waals surface area contributed by atoms with Gasteiger partial charge in [-0.05, 0) is 80.2 Å². The highest BCUT2D eigenvalue weighted by molar-refractivity contribution is 5.86. The number of nitrogens with one attached hydrogen (secondary N) is 2. The molecule has 5 fully saturated rings. The van der Waals surface area contributed by atoms with E-state index in [2.05, 4.69) is 22.8 Å². The molecule has 0 radical (unpaired) electrons. The van der Waals surface area contributed by atoms with Crippen LogP contribution in [0.15, 0.2) is 60.7 Å². The average molecular weight is 621 g/mol. The summed E-state index contributed by atoms with van der Waals surface area (Å²) < 4.78 is 18.2. The number of amides is 2. The third-order valence-corrected chi connectivity index (χ3v) is 10.2. The first kappa shape index (κ1) is 32.0. The zero-order valence-electron chi connectivity index (χ0n) is 26.7. The maximum Gasteiger partial charge on any atom is 0.408 e. The molecule has 9 nitrogen and oxygen atoms in total. The Bertz CT molecular complexity index is 1260. The number of alkyl carbamates (subject to hydrolysis) is 1. The lowest BCUT2D eigenvalue weighted by molar-refractivity contribution is -0.391. The van der Waals surface area contributed by atoms with Crippen molar-refractivity contribution < 1.29 is 33.6 Å². The van der Waals surface area contributed by atoms with E-state index in [4.69, 9.17) is 24.0 Å². The second-order valence-electron chi connectivity index (χ2n) is 14.0. The SMILES string of the molecule is COC[C@@]1([C@H](CCc2ccccc2)NC(=O)[C@H](CC(C)C)NC(=O)OCc2ccccc2)OOC2(O1)C1CC3CC(C1)CC2C3. The van der Waals surface area contributed by atoms with Gasteiger partial charge in [-0.25, -0.2) is 4.79 Å². The molecular weight excluding hydrogens is 572 g/mol. The van der Waals surface area contributed by atoms with Crippen LogP contribution in [0.5, 0.6) is 0 Å². The van der Waals surface area contributed by atoms with Crippen LogP contribution >= 0.6 is 0 Å². The van der Waals surface area contributed by atoms with Gasteiger partial charge in [0.25, 0.3) is 0 Å². The van der Waals surface area contributed by atoms with Gasteiger partial charge in [-0.1, -0.05) is 74.5 Å². The van der Waals surface area contributed by atoms with Crippen LogP contribution in [0.25, 0.3) is 0 Å². The van der Waals surface area contributed by atoms with Crippen LogP contribution in [-0.4, -0.2) is 49.4 Å². The van der Waals surface area contributed by atoms with E-state index < -0.39 is 29.8 Å². The van der Waals surface area contributed by atoms with Crippen LogP contribution in [0.1, 0.15) is 69.9 Å². The third-order valence-electron chi connectivity index (χ3n) is 10.2. The molecule has 2 aromatic rings. The van der Waals surface area contributed by atoms with Gasteiger partial charge in [0.05, 0.1) is 6.04 Å². The molecule has 45 heavy (non-hydrogen) atoms. The van der Waals surface area contributed by atoms with Gasteiger partial charge in [-0.3, -0.25) is 4.79 Å². The Morgan fingerprint density at radius 2 is 1.49 bits per heavy atom. The molecule has 4 aliphatic carbocycles. The molecule has 5 aliphatic rings. The first-order chi connectivity index (χ1) is 21.8. The number of hydrogen-bond acceptors (Lipinski definition) is 7. The first-order valence-corrected chi connectivity index (χ1v) is 16.7. The topological polar surface area (TPSA) is 104 Å². The van der Waals surface area contributed by atoms with Crippen LogP contribution in [-0.2, 0) is 41.8 Å². The van der Waals surface area contributed by atoms with Gasteiger partial charge in [0, 0.05) is 18.9 Å². The lowest BCUT2D eigenvalue weighted by Crippen LogP contribution is -2.63. The highest BCUT2D eigenvalue weighted by Crippen LogP contribution is 2.63. The van der Waals surface area contributed by atoms with E-state index in [1.165, 1.54) is 6.42 Å². The Balaban J connectivity index is 1.21. The van der Waals surface area contributed by atoms with Gasteiger partial charge in [-0.15, -0.1) is 0 Å². The van der Waals surface area contributed by atoms with E-state index in [9.17, 15) is 9.59 Å². The highest BCUT2D eigenvalue weighted by atomic mass is 17.3. The number of aryl methyl sites for hydroxylation is 1. The monoisotopic (exact) mass is 620 g/mol. The largest absolute Gasteiger partial charge is 0.445 e. The number of benzene rings is 2. The summed E-state index contributed by atoms with van der Waals surface area (Å²) >= 11 is 0. The molecule has 9 heteroatoms. The summed E-state index contributed by atoms with van der Waals surface area (Å²) in [4.78, 5) is 39.5. The van der Waals surface area contributed by atoms with E-state index in [1.54, 1.807) is 7.11 Å². The Hall–Kier alpha value is -2.98. The van der Waals surface area contributed by atoms with Crippen molar-refractivity contribution in [2.24, 2.45) is 29.6 Å². The van der Waals surface area contributed by atoms with Crippen molar-refractivity contribution in [3.8, 4) is 0 Å². The van der Waals surface area contributed by atoms with Crippen molar-refractivity contribution in [3.05, 3.63) is 71.8 Å². The van der Waals surface area contributed by atoms with Gasteiger partial charge in [0.1, 0.15) is 19.3 Å². The molecule has 3 atom stereocenters. The maximum absolute atomic E-state index is 14.1. The Morgan fingerprint density at radius 3 is 2.09 bits per heavy atom. The second kappa shape index (κ2) is 13.8. The molecule has 0 aromatic heterocycles. The third kappa shape index (κ3) is 7.07. The maximum atomic E-state index is 14.1. The fourth-order valence-electron chi connectivity index (χ4n) is 8.31. The molecule has 244 valence electrons. The molecule has 1 spiro atoms. The molecule has 0 unspecified atom stereocenters. The van der Waals surface area contributed by atoms with Crippen molar-refractivity contribution in [2.45, 2.75) is 95.5 Å². The van der Waals surface area contributed by atoms with Gasteiger partial charge in [0.15, 0.2) is 0 Å². The molecule has 2 N–H and O–H groups in total. The van der Waals surface area contributed by atoms with E-state index in [0.29, 0.717) is 19.3 Å².